The van der Waals surface area contributed by atoms with Gasteiger partial charge in [-0.25, -0.2) is 4.39 Å². The molecule has 0 atom stereocenters. The Morgan fingerprint density at radius 1 is 1.14 bits per heavy atom. The topological polar surface area (TPSA) is 83.8 Å². The van der Waals surface area contributed by atoms with Crippen LogP contribution in [0, 0.1) is 5.82 Å². The van der Waals surface area contributed by atoms with Crippen LogP contribution in [0.3, 0.4) is 0 Å². The third-order valence-corrected chi connectivity index (χ3v) is 7.64. The Morgan fingerprint density at radius 2 is 1.92 bits per heavy atom. The van der Waals surface area contributed by atoms with Crippen molar-refractivity contribution in [1.82, 2.24) is 15.5 Å². The fourth-order valence-electron chi connectivity index (χ4n) is 5.07. The molecule has 5 rings (SSSR count). The van der Waals surface area contributed by atoms with E-state index in [-0.39, 0.29) is 41.2 Å². The summed E-state index contributed by atoms with van der Waals surface area (Å²) in [7, 11) is 0. The minimum absolute atomic E-state index is 0.0538. The third kappa shape index (κ3) is 6.58. The molecule has 2 N–H and O–H groups in total. The van der Waals surface area contributed by atoms with Gasteiger partial charge in [0.15, 0.2) is 5.43 Å². The summed E-state index contributed by atoms with van der Waals surface area (Å²) in [4.78, 5) is 27.2. The molecule has 2 aliphatic heterocycles. The molecule has 9 heteroatoms. The Labute approximate surface area is 223 Å². The molecule has 3 aromatic rings. The maximum absolute atomic E-state index is 13.9. The van der Waals surface area contributed by atoms with Crippen LogP contribution in [-0.2, 0) is 17.8 Å². The van der Waals surface area contributed by atoms with Crippen LogP contribution in [0.5, 0.6) is 5.75 Å². The number of hydrogen-bond acceptors (Lipinski definition) is 6. The van der Waals surface area contributed by atoms with Gasteiger partial charge in [0.25, 0.3) is 0 Å². The number of hydrogen-bond donors (Lipinski definition) is 2. The second-order valence-electron chi connectivity index (χ2n) is 9.82. The van der Waals surface area contributed by atoms with Crippen molar-refractivity contribution in [3.05, 3.63) is 74.3 Å². The monoisotopic (exact) mass is 571 g/mol. The molecule has 0 spiro atoms. The van der Waals surface area contributed by atoms with Crippen LogP contribution in [0.25, 0.3) is 11.0 Å². The number of rotatable bonds is 7. The van der Waals surface area contributed by atoms with E-state index < -0.39 is 11.2 Å². The van der Waals surface area contributed by atoms with E-state index in [1.807, 2.05) is 6.07 Å². The second kappa shape index (κ2) is 11.8. The largest absolute Gasteiger partial charge is 0.489 e. The van der Waals surface area contributed by atoms with Crippen molar-refractivity contribution in [2.24, 2.45) is 0 Å². The van der Waals surface area contributed by atoms with E-state index in [0.717, 1.165) is 68.6 Å². The first-order valence-electron chi connectivity index (χ1n) is 12.8. The lowest BCUT2D eigenvalue weighted by Gasteiger charge is -2.32. The summed E-state index contributed by atoms with van der Waals surface area (Å²) in [6.07, 6.45) is 3.94. The molecule has 1 amide bonds. The zero-order chi connectivity index (χ0) is 25.8. The van der Waals surface area contributed by atoms with Gasteiger partial charge in [-0.3, -0.25) is 14.5 Å². The van der Waals surface area contributed by atoms with Crippen molar-refractivity contribution < 1.29 is 18.3 Å². The SMILES string of the molecule is O=C(Cc1cc(=O)c2c(F)cccc2o1)NC1CCN(Cc2ccc(OC3CCNCC3)c(Br)c2)CC1. The zero-order valence-corrected chi connectivity index (χ0v) is 22.2. The number of amides is 1. The molecule has 2 aliphatic rings. The van der Waals surface area contributed by atoms with Gasteiger partial charge in [0.1, 0.15) is 34.4 Å². The smallest absolute Gasteiger partial charge is 0.227 e. The number of piperidine rings is 2. The van der Waals surface area contributed by atoms with Crippen LogP contribution >= 0.6 is 15.9 Å². The molecule has 196 valence electrons. The van der Waals surface area contributed by atoms with Crippen LogP contribution in [-0.4, -0.2) is 49.1 Å². The maximum atomic E-state index is 13.9. The predicted octanol–water partition coefficient (Wildman–Crippen LogP) is 4.15. The average molecular weight is 572 g/mol. The maximum Gasteiger partial charge on any atom is 0.227 e. The van der Waals surface area contributed by atoms with Crippen molar-refractivity contribution >= 4 is 32.8 Å². The molecule has 37 heavy (non-hydrogen) atoms. The standard InChI is InChI=1S/C28H31BrFN3O4/c29-22-14-18(4-5-25(22)36-20-6-10-31-11-7-20)17-33-12-8-19(9-13-33)32-27(35)16-21-15-24(34)28-23(30)2-1-3-26(28)37-21/h1-5,14-15,19-20,31H,6-13,16-17H2,(H,32,35). The molecule has 1 aromatic heterocycles. The fraction of sp³-hybridized carbons (Fsp3) is 0.429. The van der Waals surface area contributed by atoms with Crippen molar-refractivity contribution in [1.29, 1.82) is 0 Å². The van der Waals surface area contributed by atoms with E-state index >= 15 is 0 Å². The Hall–Kier alpha value is -2.75. The first-order chi connectivity index (χ1) is 17.9. The quantitative estimate of drug-likeness (QED) is 0.443. The highest BCUT2D eigenvalue weighted by atomic mass is 79.9. The van der Waals surface area contributed by atoms with E-state index in [4.69, 9.17) is 9.15 Å². The van der Waals surface area contributed by atoms with Gasteiger partial charge in [-0.15, -0.1) is 0 Å². The number of carbonyl (C=O) groups excluding carboxylic acids is 1. The molecular formula is C28H31BrFN3O4. The molecule has 0 bridgehead atoms. The van der Waals surface area contributed by atoms with E-state index in [1.165, 1.54) is 29.8 Å². The number of fused-ring (bicyclic) bond motifs is 1. The molecular weight excluding hydrogens is 541 g/mol. The number of benzene rings is 2. The number of nitrogens with zero attached hydrogens (tertiary/aromatic N) is 1. The highest BCUT2D eigenvalue weighted by Gasteiger charge is 2.22. The summed E-state index contributed by atoms with van der Waals surface area (Å²) in [5.74, 6) is 0.300. The van der Waals surface area contributed by atoms with Gasteiger partial charge in [0.2, 0.25) is 5.91 Å². The van der Waals surface area contributed by atoms with Crippen molar-refractivity contribution in [3.8, 4) is 5.75 Å². The van der Waals surface area contributed by atoms with E-state index in [9.17, 15) is 14.0 Å². The highest BCUT2D eigenvalue weighted by molar-refractivity contribution is 9.10. The summed E-state index contributed by atoms with van der Waals surface area (Å²) >= 11 is 3.67. The van der Waals surface area contributed by atoms with Gasteiger partial charge < -0.3 is 19.8 Å². The number of carbonyl (C=O) groups is 1. The minimum Gasteiger partial charge on any atom is -0.489 e. The lowest BCUT2D eigenvalue weighted by atomic mass is 10.0. The van der Waals surface area contributed by atoms with E-state index in [0.29, 0.717) is 0 Å². The number of ether oxygens (including phenoxy) is 1. The van der Waals surface area contributed by atoms with Gasteiger partial charge in [-0.1, -0.05) is 12.1 Å². The van der Waals surface area contributed by atoms with Crippen LogP contribution in [0.15, 0.2) is 56.1 Å². The average Bonchev–Trinajstić information content (AvgIpc) is 2.87. The summed E-state index contributed by atoms with van der Waals surface area (Å²) in [5, 5.41) is 6.32. The first-order valence-corrected chi connectivity index (χ1v) is 13.6. The Balaban J connectivity index is 1.09. The summed E-state index contributed by atoms with van der Waals surface area (Å²) in [5.41, 5.74) is 0.892. The van der Waals surface area contributed by atoms with E-state index in [2.05, 4.69) is 43.6 Å². The molecule has 2 aromatic carbocycles. The van der Waals surface area contributed by atoms with Gasteiger partial charge >= 0.3 is 0 Å². The number of nitrogens with one attached hydrogen (secondary N) is 2. The predicted molar refractivity (Wildman–Crippen MR) is 143 cm³/mol. The summed E-state index contributed by atoms with van der Waals surface area (Å²) < 4.78 is 26.6. The lowest BCUT2D eigenvalue weighted by molar-refractivity contribution is -0.121. The third-order valence-electron chi connectivity index (χ3n) is 7.02. The zero-order valence-electron chi connectivity index (χ0n) is 20.6. The molecule has 7 nitrogen and oxygen atoms in total. The lowest BCUT2D eigenvalue weighted by Crippen LogP contribution is -2.44. The number of halogens is 2. The molecule has 0 radical (unpaired) electrons. The normalized spacial score (nSPS) is 17.7. The summed E-state index contributed by atoms with van der Waals surface area (Å²) in [6.45, 7) is 4.59. The molecule has 0 saturated carbocycles. The minimum atomic E-state index is -0.622. The number of likely N-dealkylation sites (tertiary alicyclic amines) is 1. The van der Waals surface area contributed by atoms with Crippen molar-refractivity contribution in [2.75, 3.05) is 26.2 Å². The molecule has 3 heterocycles. The molecule has 2 fully saturated rings. The van der Waals surface area contributed by atoms with Crippen LogP contribution in [0.2, 0.25) is 0 Å². The fourth-order valence-corrected chi connectivity index (χ4v) is 5.59. The van der Waals surface area contributed by atoms with Gasteiger partial charge in [0.05, 0.1) is 10.9 Å². The van der Waals surface area contributed by atoms with Crippen molar-refractivity contribution in [3.63, 3.8) is 0 Å². The first kappa shape index (κ1) is 25.9. The Morgan fingerprint density at radius 3 is 2.68 bits per heavy atom. The van der Waals surface area contributed by atoms with Crippen LogP contribution in [0.1, 0.15) is 37.0 Å². The van der Waals surface area contributed by atoms with Gasteiger partial charge in [-0.2, -0.15) is 0 Å². The van der Waals surface area contributed by atoms with Crippen LogP contribution < -0.4 is 20.8 Å². The van der Waals surface area contributed by atoms with Gasteiger partial charge in [0, 0.05) is 31.7 Å². The van der Waals surface area contributed by atoms with E-state index in [1.54, 1.807) is 0 Å². The Kier molecular flexibility index (Phi) is 8.22. The second-order valence-corrected chi connectivity index (χ2v) is 10.7. The van der Waals surface area contributed by atoms with Gasteiger partial charge in [-0.05, 0) is 84.5 Å². The Bertz CT molecular complexity index is 1320. The van der Waals surface area contributed by atoms with Crippen molar-refractivity contribution in [2.45, 2.75) is 50.8 Å². The van der Waals surface area contributed by atoms with Crippen LogP contribution in [0.4, 0.5) is 4.39 Å². The molecule has 0 aliphatic carbocycles. The molecule has 0 unspecified atom stereocenters. The molecule has 2 saturated heterocycles. The summed E-state index contributed by atoms with van der Waals surface area (Å²) in [6, 6.07) is 11.8. The highest BCUT2D eigenvalue weighted by Crippen LogP contribution is 2.29.